The number of amides is 2. The summed E-state index contributed by atoms with van der Waals surface area (Å²) in [7, 11) is 1.77. The summed E-state index contributed by atoms with van der Waals surface area (Å²) in [5.74, 6) is 1.89. The fourth-order valence-electron chi connectivity index (χ4n) is 3.51. The molecule has 2 amide bonds. The zero-order chi connectivity index (χ0) is 21.8. The second-order valence-corrected chi connectivity index (χ2v) is 9.00. The van der Waals surface area contributed by atoms with Crippen molar-refractivity contribution in [2.24, 2.45) is 7.05 Å². The lowest BCUT2D eigenvalue weighted by atomic mass is 10.1. The van der Waals surface area contributed by atoms with E-state index < -0.39 is 0 Å². The van der Waals surface area contributed by atoms with E-state index in [1.807, 2.05) is 59.1 Å². The minimum atomic E-state index is -0.266. The third-order valence-corrected chi connectivity index (χ3v) is 6.41. The van der Waals surface area contributed by atoms with Crippen LogP contribution in [0.4, 0.5) is 5.69 Å². The molecule has 1 aromatic heterocycles. The molecule has 2 aromatic carbocycles. The second kappa shape index (κ2) is 9.58. The second-order valence-electron chi connectivity index (χ2n) is 7.37. The summed E-state index contributed by atoms with van der Waals surface area (Å²) in [6.45, 7) is 1.63. The highest BCUT2D eigenvalue weighted by molar-refractivity contribution is 7.99. The Morgan fingerprint density at radius 3 is 2.52 bits per heavy atom. The maximum absolute atomic E-state index is 12.9. The zero-order valence-electron chi connectivity index (χ0n) is 17.2. The number of aryl methyl sites for hydroxylation is 1. The van der Waals surface area contributed by atoms with Crippen LogP contribution in [0.3, 0.4) is 0 Å². The third kappa shape index (κ3) is 5.11. The van der Waals surface area contributed by atoms with Gasteiger partial charge in [-0.25, -0.2) is 0 Å². The van der Waals surface area contributed by atoms with Gasteiger partial charge in [-0.05, 0) is 23.8 Å². The molecule has 31 heavy (non-hydrogen) atoms. The van der Waals surface area contributed by atoms with E-state index in [2.05, 4.69) is 10.4 Å². The van der Waals surface area contributed by atoms with E-state index in [0.717, 1.165) is 30.2 Å². The molecule has 0 aliphatic carbocycles. The van der Waals surface area contributed by atoms with Crippen molar-refractivity contribution in [3.8, 4) is 11.3 Å². The molecule has 1 aliphatic rings. The molecule has 160 valence electrons. The molecule has 1 saturated heterocycles. The van der Waals surface area contributed by atoms with E-state index >= 15 is 0 Å². The SMILES string of the molecule is Cn1cc(C(=O)Nc2ccc(CC(=O)N3CCSCC3)cc2)c(-c2ccccc2Cl)n1. The Kier molecular flexibility index (Phi) is 6.63. The highest BCUT2D eigenvalue weighted by Gasteiger charge is 2.20. The monoisotopic (exact) mass is 454 g/mol. The molecule has 6 nitrogen and oxygen atoms in total. The molecule has 0 saturated carbocycles. The van der Waals surface area contributed by atoms with E-state index in [-0.39, 0.29) is 11.8 Å². The van der Waals surface area contributed by atoms with Crippen LogP contribution in [0.25, 0.3) is 11.3 Å². The van der Waals surface area contributed by atoms with Crippen LogP contribution in [0.5, 0.6) is 0 Å². The van der Waals surface area contributed by atoms with Gasteiger partial charge in [0.1, 0.15) is 5.69 Å². The molecule has 0 atom stereocenters. The van der Waals surface area contributed by atoms with Gasteiger partial charge in [0.15, 0.2) is 0 Å². The van der Waals surface area contributed by atoms with Crippen molar-refractivity contribution in [2.45, 2.75) is 6.42 Å². The van der Waals surface area contributed by atoms with Crippen LogP contribution >= 0.6 is 23.4 Å². The molecule has 0 radical (unpaired) electrons. The lowest BCUT2D eigenvalue weighted by Crippen LogP contribution is -2.38. The van der Waals surface area contributed by atoms with E-state index in [4.69, 9.17) is 11.6 Å². The van der Waals surface area contributed by atoms with Crippen LogP contribution in [-0.2, 0) is 18.3 Å². The van der Waals surface area contributed by atoms with Gasteiger partial charge in [0.2, 0.25) is 5.91 Å². The van der Waals surface area contributed by atoms with Crippen LogP contribution in [0, 0.1) is 0 Å². The maximum Gasteiger partial charge on any atom is 0.259 e. The number of carbonyl (C=O) groups is 2. The molecule has 0 spiro atoms. The number of hydrogen-bond donors (Lipinski definition) is 1. The Morgan fingerprint density at radius 1 is 1.10 bits per heavy atom. The molecule has 0 unspecified atom stereocenters. The van der Waals surface area contributed by atoms with Crippen molar-refractivity contribution in [1.82, 2.24) is 14.7 Å². The first-order valence-electron chi connectivity index (χ1n) is 10.1. The molecule has 4 rings (SSSR count). The molecule has 1 aliphatic heterocycles. The van der Waals surface area contributed by atoms with Gasteiger partial charge < -0.3 is 10.2 Å². The molecular weight excluding hydrogens is 432 g/mol. The highest BCUT2D eigenvalue weighted by atomic mass is 35.5. The predicted octanol–water partition coefficient (Wildman–Crippen LogP) is 4.11. The largest absolute Gasteiger partial charge is 0.341 e. The third-order valence-electron chi connectivity index (χ3n) is 5.13. The molecule has 1 fully saturated rings. The normalized spacial score (nSPS) is 13.8. The lowest BCUT2D eigenvalue weighted by molar-refractivity contribution is -0.130. The maximum atomic E-state index is 12.9. The Hall–Kier alpha value is -2.77. The van der Waals surface area contributed by atoms with Gasteiger partial charge in [0, 0.05) is 49.1 Å². The van der Waals surface area contributed by atoms with Gasteiger partial charge in [0.25, 0.3) is 5.91 Å². The van der Waals surface area contributed by atoms with Crippen molar-refractivity contribution in [3.05, 3.63) is 70.9 Å². The first-order valence-corrected chi connectivity index (χ1v) is 11.6. The van der Waals surface area contributed by atoms with Crippen LogP contribution in [0.15, 0.2) is 54.7 Å². The number of rotatable bonds is 5. The fraction of sp³-hybridized carbons (Fsp3) is 0.261. The molecule has 8 heteroatoms. The Morgan fingerprint density at radius 2 is 1.81 bits per heavy atom. The van der Waals surface area contributed by atoms with Crippen molar-refractivity contribution < 1.29 is 9.59 Å². The van der Waals surface area contributed by atoms with Gasteiger partial charge in [-0.2, -0.15) is 16.9 Å². The molecular formula is C23H23ClN4O2S. The number of nitrogens with zero attached hydrogens (tertiary/aromatic N) is 3. The average Bonchev–Trinajstić information content (AvgIpc) is 3.17. The average molecular weight is 455 g/mol. The summed E-state index contributed by atoms with van der Waals surface area (Å²) < 4.78 is 1.60. The van der Waals surface area contributed by atoms with Gasteiger partial charge in [-0.1, -0.05) is 41.9 Å². The van der Waals surface area contributed by atoms with E-state index in [1.54, 1.807) is 24.0 Å². The molecule has 1 N–H and O–H groups in total. The summed E-state index contributed by atoms with van der Waals surface area (Å²) >= 11 is 8.19. The van der Waals surface area contributed by atoms with Crippen LogP contribution in [0.1, 0.15) is 15.9 Å². The molecule has 0 bridgehead atoms. The van der Waals surface area contributed by atoms with E-state index in [0.29, 0.717) is 34.0 Å². The number of anilines is 1. The number of hydrogen-bond acceptors (Lipinski definition) is 4. The Labute approximate surface area is 190 Å². The van der Waals surface area contributed by atoms with Crippen molar-refractivity contribution in [1.29, 1.82) is 0 Å². The number of aromatic nitrogens is 2. The minimum absolute atomic E-state index is 0.150. The molecule has 3 aromatic rings. The highest BCUT2D eigenvalue weighted by Crippen LogP contribution is 2.29. The molecule has 2 heterocycles. The van der Waals surface area contributed by atoms with Gasteiger partial charge in [0.05, 0.1) is 17.0 Å². The lowest BCUT2D eigenvalue weighted by Gasteiger charge is -2.26. The van der Waals surface area contributed by atoms with E-state index in [9.17, 15) is 9.59 Å². The summed E-state index contributed by atoms with van der Waals surface area (Å²) in [5.41, 5.74) is 3.27. The fourth-order valence-corrected chi connectivity index (χ4v) is 4.64. The first kappa shape index (κ1) is 21.5. The first-order chi connectivity index (χ1) is 15.0. The van der Waals surface area contributed by atoms with Gasteiger partial charge in [-0.3, -0.25) is 14.3 Å². The Balaban J connectivity index is 1.45. The van der Waals surface area contributed by atoms with Crippen LogP contribution in [0.2, 0.25) is 5.02 Å². The summed E-state index contributed by atoms with van der Waals surface area (Å²) in [6.07, 6.45) is 2.05. The quantitative estimate of drug-likeness (QED) is 0.630. The number of thioether (sulfide) groups is 1. The van der Waals surface area contributed by atoms with Gasteiger partial charge >= 0.3 is 0 Å². The van der Waals surface area contributed by atoms with Gasteiger partial charge in [-0.15, -0.1) is 0 Å². The smallest absolute Gasteiger partial charge is 0.259 e. The topological polar surface area (TPSA) is 67.2 Å². The standard InChI is InChI=1S/C23H23ClN4O2S/c1-27-15-19(22(26-27)18-4-2-3-5-20(18)24)23(30)25-17-8-6-16(7-9-17)14-21(29)28-10-12-31-13-11-28/h2-9,15H,10-14H2,1H3,(H,25,30). The number of nitrogens with one attached hydrogen (secondary N) is 1. The van der Waals surface area contributed by atoms with Crippen molar-refractivity contribution in [2.75, 3.05) is 29.9 Å². The van der Waals surface area contributed by atoms with Crippen molar-refractivity contribution >= 4 is 40.9 Å². The minimum Gasteiger partial charge on any atom is -0.341 e. The zero-order valence-corrected chi connectivity index (χ0v) is 18.7. The van der Waals surface area contributed by atoms with Crippen LogP contribution < -0.4 is 5.32 Å². The Bertz CT molecular complexity index is 1090. The number of benzene rings is 2. The number of carbonyl (C=O) groups excluding carboxylic acids is 2. The summed E-state index contributed by atoms with van der Waals surface area (Å²) in [4.78, 5) is 27.3. The van der Waals surface area contributed by atoms with E-state index in [1.165, 1.54) is 0 Å². The predicted molar refractivity (Wildman–Crippen MR) is 126 cm³/mol. The number of halogens is 1. The summed E-state index contributed by atoms with van der Waals surface area (Å²) in [6, 6.07) is 14.7. The van der Waals surface area contributed by atoms with Crippen molar-refractivity contribution in [3.63, 3.8) is 0 Å². The summed E-state index contributed by atoms with van der Waals surface area (Å²) in [5, 5.41) is 7.87. The van der Waals surface area contributed by atoms with Crippen LogP contribution in [-0.4, -0.2) is 51.1 Å².